The van der Waals surface area contributed by atoms with Crippen molar-refractivity contribution >= 4 is 16.9 Å². The van der Waals surface area contributed by atoms with E-state index in [1.165, 1.54) is 10.8 Å². The van der Waals surface area contributed by atoms with Gasteiger partial charge in [0.25, 0.3) is 6.43 Å². The summed E-state index contributed by atoms with van der Waals surface area (Å²) < 4.78 is 25.8. The van der Waals surface area contributed by atoms with E-state index in [0.29, 0.717) is 10.9 Å². The van der Waals surface area contributed by atoms with Crippen LogP contribution in [0.1, 0.15) is 10.4 Å². The van der Waals surface area contributed by atoms with Crippen LogP contribution in [0.5, 0.6) is 0 Å². The second kappa shape index (κ2) is 3.92. The molecule has 1 heterocycles. The number of alkyl halides is 2. The van der Waals surface area contributed by atoms with Crippen LogP contribution in [0.2, 0.25) is 0 Å². The Kier molecular flexibility index (Phi) is 2.60. The van der Waals surface area contributed by atoms with Crippen LogP contribution in [-0.4, -0.2) is 22.1 Å². The molecule has 84 valence electrons. The van der Waals surface area contributed by atoms with Crippen LogP contribution < -0.4 is 0 Å². The van der Waals surface area contributed by atoms with Gasteiger partial charge in [-0.1, -0.05) is 18.2 Å². The van der Waals surface area contributed by atoms with Crippen molar-refractivity contribution in [3.8, 4) is 0 Å². The monoisotopic (exact) mass is 225 g/mol. The van der Waals surface area contributed by atoms with Gasteiger partial charge in [0.15, 0.2) is 0 Å². The summed E-state index contributed by atoms with van der Waals surface area (Å²) in [6.07, 6.45) is -1.25. The minimum Gasteiger partial charge on any atom is -0.478 e. The number of rotatable bonds is 3. The molecule has 0 aliphatic carbocycles. The number of fused-ring (bicyclic) bond motifs is 1. The highest BCUT2D eigenvalue weighted by atomic mass is 19.3. The Morgan fingerprint density at radius 2 is 2.06 bits per heavy atom. The van der Waals surface area contributed by atoms with E-state index in [-0.39, 0.29) is 5.56 Å². The van der Waals surface area contributed by atoms with Gasteiger partial charge in [0.05, 0.1) is 12.1 Å². The first-order valence-corrected chi connectivity index (χ1v) is 4.69. The lowest BCUT2D eigenvalue weighted by molar-refractivity contribution is 0.0697. The number of hydrogen-bond acceptors (Lipinski definition) is 1. The molecule has 0 saturated heterocycles. The first kappa shape index (κ1) is 10.6. The van der Waals surface area contributed by atoms with Gasteiger partial charge in [0.1, 0.15) is 0 Å². The third-order valence-electron chi connectivity index (χ3n) is 2.35. The molecule has 3 nitrogen and oxygen atoms in total. The van der Waals surface area contributed by atoms with Crippen LogP contribution in [0, 0.1) is 0 Å². The normalized spacial score (nSPS) is 11.2. The molecular formula is C11H9F2NO2. The molecule has 1 N–H and O–H groups in total. The van der Waals surface area contributed by atoms with E-state index in [1.807, 2.05) is 0 Å². The highest BCUT2D eigenvalue weighted by Gasteiger charge is 2.15. The van der Waals surface area contributed by atoms with E-state index in [1.54, 1.807) is 24.3 Å². The van der Waals surface area contributed by atoms with Crippen molar-refractivity contribution in [1.82, 2.24) is 4.57 Å². The van der Waals surface area contributed by atoms with Gasteiger partial charge >= 0.3 is 5.97 Å². The van der Waals surface area contributed by atoms with Crippen molar-refractivity contribution in [2.24, 2.45) is 0 Å². The third kappa shape index (κ3) is 1.76. The summed E-state index contributed by atoms with van der Waals surface area (Å²) in [6, 6.07) is 6.61. The maximum Gasteiger partial charge on any atom is 0.337 e. The molecule has 0 unspecified atom stereocenters. The fourth-order valence-electron chi connectivity index (χ4n) is 1.72. The summed E-state index contributed by atoms with van der Waals surface area (Å²) in [5.74, 6) is -1.11. The van der Waals surface area contributed by atoms with Gasteiger partial charge < -0.3 is 9.67 Å². The van der Waals surface area contributed by atoms with E-state index in [2.05, 4.69) is 0 Å². The molecule has 2 aromatic rings. The third-order valence-corrected chi connectivity index (χ3v) is 2.35. The van der Waals surface area contributed by atoms with Gasteiger partial charge in [0.2, 0.25) is 0 Å². The summed E-state index contributed by atoms with van der Waals surface area (Å²) in [5.41, 5.74) is 0.566. The van der Waals surface area contributed by atoms with Crippen LogP contribution in [-0.2, 0) is 6.54 Å². The van der Waals surface area contributed by atoms with Crippen molar-refractivity contribution < 1.29 is 18.7 Å². The number of benzene rings is 1. The van der Waals surface area contributed by atoms with Crippen molar-refractivity contribution in [2.45, 2.75) is 13.0 Å². The average molecular weight is 225 g/mol. The Morgan fingerprint density at radius 1 is 1.38 bits per heavy atom. The molecule has 0 saturated carbocycles. The second-order valence-electron chi connectivity index (χ2n) is 3.41. The first-order valence-electron chi connectivity index (χ1n) is 4.69. The van der Waals surface area contributed by atoms with E-state index in [4.69, 9.17) is 5.11 Å². The lowest BCUT2D eigenvalue weighted by Crippen LogP contribution is -2.05. The molecule has 2 rings (SSSR count). The van der Waals surface area contributed by atoms with E-state index in [9.17, 15) is 13.6 Å². The number of carbonyl (C=O) groups is 1. The van der Waals surface area contributed by atoms with Crippen LogP contribution in [0.3, 0.4) is 0 Å². The van der Waals surface area contributed by atoms with E-state index in [0.717, 1.165) is 0 Å². The van der Waals surface area contributed by atoms with Crippen LogP contribution >= 0.6 is 0 Å². The molecule has 5 heteroatoms. The zero-order chi connectivity index (χ0) is 11.7. The zero-order valence-corrected chi connectivity index (χ0v) is 8.23. The quantitative estimate of drug-likeness (QED) is 0.872. The number of carboxylic acid groups (broad SMARTS) is 1. The number of nitrogens with zero attached hydrogens (tertiary/aromatic N) is 1. The van der Waals surface area contributed by atoms with Crippen molar-refractivity contribution in [3.63, 3.8) is 0 Å². The molecule has 1 aromatic carbocycles. The number of para-hydroxylation sites is 1. The van der Waals surface area contributed by atoms with Crippen LogP contribution in [0.25, 0.3) is 10.9 Å². The number of aromatic carboxylic acids is 1. The average Bonchev–Trinajstić information content (AvgIpc) is 2.57. The molecule has 0 amide bonds. The fraction of sp³-hybridized carbons (Fsp3) is 0.182. The minimum atomic E-state index is -2.50. The first-order chi connectivity index (χ1) is 7.59. The highest BCUT2D eigenvalue weighted by Crippen LogP contribution is 2.22. The van der Waals surface area contributed by atoms with Gasteiger partial charge in [-0.3, -0.25) is 0 Å². The number of halogens is 2. The summed E-state index contributed by atoms with van der Waals surface area (Å²) in [4.78, 5) is 10.9. The fourth-order valence-corrected chi connectivity index (χ4v) is 1.72. The SMILES string of the molecule is O=C(O)c1cn(CC(F)F)c2ccccc12. The Morgan fingerprint density at radius 3 is 2.69 bits per heavy atom. The molecular weight excluding hydrogens is 216 g/mol. The molecule has 0 aliphatic rings. The largest absolute Gasteiger partial charge is 0.478 e. The Labute approximate surface area is 89.9 Å². The van der Waals surface area contributed by atoms with E-state index >= 15 is 0 Å². The topological polar surface area (TPSA) is 42.2 Å². The summed E-state index contributed by atoms with van der Waals surface area (Å²) >= 11 is 0. The molecule has 0 fully saturated rings. The molecule has 0 radical (unpaired) electrons. The smallest absolute Gasteiger partial charge is 0.337 e. The van der Waals surface area contributed by atoms with Crippen LogP contribution in [0.4, 0.5) is 8.78 Å². The number of hydrogen-bond donors (Lipinski definition) is 1. The molecule has 0 atom stereocenters. The predicted octanol–water partition coefficient (Wildman–Crippen LogP) is 2.60. The van der Waals surface area contributed by atoms with Gasteiger partial charge in [-0.25, -0.2) is 13.6 Å². The Hall–Kier alpha value is -1.91. The summed E-state index contributed by atoms with van der Waals surface area (Å²) in [6.45, 7) is -0.492. The predicted molar refractivity (Wildman–Crippen MR) is 54.9 cm³/mol. The van der Waals surface area contributed by atoms with Crippen LogP contribution in [0.15, 0.2) is 30.5 Å². The molecule has 0 aliphatic heterocycles. The number of carboxylic acids is 1. The molecule has 1 aromatic heterocycles. The molecule has 0 bridgehead atoms. The van der Waals surface area contributed by atoms with Crippen molar-refractivity contribution in [1.29, 1.82) is 0 Å². The second-order valence-corrected chi connectivity index (χ2v) is 3.41. The highest BCUT2D eigenvalue weighted by molar-refractivity contribution is 6.03. The summed E-state index contributed by atoms with van der Waals surface area (Å²) in [5, 5.41) is 9.41. The molecule has 0 spiro atoms. The Balaban J connectivity index is 2.62. The van der Waals surface area contributed by atoms with Gasteiger partial charge in [0, 0.05) is 17.1 Å². The van der Waals surface area contributed by atoms with E-state index < -0.39 is 18.9 Å². The van der Waals surface area contributed by atoms with Crippen molar-refractivity contribution in [2.75, 3.05) is 0 Å². The van der Waals surface area contributed by atoms with Gasteiger partial charge in [-0.2, -0.15) is 0 Å². The van der Waals surface area contributed by atoms with Gasteiger partial charge in [-0.15, -0.1) is 0 Å². The standard InChI is InChI=1S/C11H9F2NO2/c12-10(13)6-14-5-8(11(15)16)7-3-1-2-4-9(7)14/h1-5,10H,6H2,(H,15,16). The zero-order valence-electron chi connectivity index (χ0n) is 8.23. The summed E-state index contributed by atoms with van der Waals surface area (Å²) in [7, 11) is 0. The van der Waals surface area contributed by atoms with Crippen molar-refractivity contribution in [3.05, 3.63) is 36.0 Å². The minimum absolute atomic E-state index is 0.0521. The Bertz CT molecular complexity index is 534. The molecule has 16 heavy (non-hydrogen) atoms. The lowest BCUT2D eigenvalue weighted by Gasteiger charge is -2.02. The maximum absolute atomic E-state index is 12.3. The lowest BCUT2D eigenvalue weighted by atomic mass is 10.2. The number of aromatic nitrogens is 1. The maximum atomic E-state index is 12.3. The van der Waals surface area contributed by atoms with Gasteiger partial charge in [-0.05, 0) is 6.07 Å².